The van der Waals surface area contributed by atoms with E-state index < -0.39 is 12.2 Å². The average Bonchev–Trinajstić information content (AvgIpc) is 3.11. The summed E-state index contributed by atoms with van der Waals surface area (Å²) in [6.45, 7) is -0.684. The van der Waals surface area contributed by atoms with Crippen LogP contribution in [0.15, 0.2) is 29.5 Å². The molecule has 0 fully saturated rings. The molecule has 0 saturated carbocycles. The van der Waals surface area contributed by atoms with E-state index in [4.69, 9.17) is 12.2 Å². The monoisotopic (exact) mass is 374 g/mol. The third-order valence-corrected chi connectivity index (χ3v) is 5.63. The molecule has 2 aromatic rings. The Labute approximate surface area is 153 Å². The number of amidine groups is 1. The van der Waals surface area contributed by atoms with Gasteiger partial charge in [-0.2, -0.15) is 0 Å². The molecule has 3 rings (SSSR count). The van der Waals surface area contributed by atoms with Crippen LogP contribution in [0.3, 0.4) is 0 Å². The zero-order valence-electron chi connectivity index (χ0n) is 13.2. The Kier molecular flexibility index (Phi) is 5.16. The number of rotatable bonds is 5. The minimum absolute atomic E-state index is 0.139. The first-order valence-electron chi connectivity index (χ1n) is 7.51. The van der Waals surface area contributed by atoms with E-state index in [1.54, 1.807) is 18.3 Å². The number of nitrogens with two attached hydrogens (primary N) is 1. The highest BCUT2D eigenvalue weighted by atomic mass is 32.2. The minimum atomic E-state index is -1.06. The Morgan fingerprint density at radius 2 is 2.32 bits per heavy atom. The molecule has 8 heteroatoms. The van der Waals surface area contributed by atoms with E-state index in [9.17, 15) is 9.18 Å². The summed E-state index contributed by atoms with van der Waals surface area (Å²) in [5.41, 5.74) is 5.93. The molecule has 1 atom stereocenters. The van der Waals surface area contributed by atoms with Gasteiger partial charge in [0.25, 0.3) is 0 Å². The van der Waals surface area contributed by atoms with E-state index in [-0.39, 0.29) is 12.2 Å². The van der Waals surface area contributed by atoms with Gasteiger partial charge in [-0.15, -0.1) is 17.8 Å². The van der Waals surface area contributed by atoms with Crippen LogP contribution in [0.2, 0.25) is 0 Å². The fourth-order valence-electron chi connectivity index (χ4n) is 2.54. The first kappa shape index (κ1) is 17.6. The van der Waals surface area contributed by atoms with Crippen molar-refractivity contribution in [1.29, 1.82) is 0 Å². The first-order valence-corrected chi connectivity index (χ1v) is 9.31. The van der Waals surface area contributed by atoms with Gasteiger partial charge in [0.05, 0.1) is 16.8 Å². The van der Waals surface area contributed by atoms with Crippen molar-refractivity contribution in [2.75, 3.05) is 12.4 Å². The number of aliphatic imine (C=N–C) groups is 1. The number of aromatic nitrogens is 2. The highest BCUT2D eigenvalue weighted by molar-refractivity contribution is 8.13. The summed E-state index contributed by atoms with van der Waals surface area (Å²) in [5.74, 6) is 3.00. The number of hydrogen-bond donors (Lipinski definition) is 1. The predicted molar refractivity (Wildman–Crippen MR) is 98.7 cm³/mol. The van der Waals surface area contributed by atoms with Gasteiger partial charge in [0, 0.05) is 18.4 Å². The van der Waals surface area contributed by atoms with E-state index in [1.807, 2.05) is 0 Å². The summed E-state index contributed by atoms with van der Waals surface area (Å²) in [7, 11) is 0. The molecule has 25 heavy (non-hydrogen) atoms. The molecule has 0 bridgehead atoms. The lowest BCUT2D eigenvalue weighted by Crippen LogP contribution is -2.34. The summed E-state index contributed by atoms with van der Waals surface area (Å²) in [6, 6.07) is 3.45. The maximum absolute atomic E-state index is 13.8. The third-order valence-electron chi connectivity index (χ3n) is 3.86. The van der Waals surface area contributed by atoms with Gasteiger partial charge in [0.1, 0.15) is 12.2 Å². The summed E-state index contributed by atoms with van der Waals surface area (Å²) in [5, 5.41) is 0.722. The van der Waals surface area contributed by atoms with Crippen molar-refractivity contribution >= 4 is 34.0 Å². The van der Waals surface area contributed by atoms with Crippen molar-refractivity contribution in [2.45, 2.75) is 18.4 Å². The van der Waals surface area contributed by atoms with Crippen LogP contribution < -0.4 is 5.73 Å². The lowest BCUT2D eigenvalue weighted by molar-refractivity contribution is 0.0992. The van der Waals surface area contributed by atoms with E-state index in [1.165, 1.54) is 29.3 Å². The first-order chi connectivity index (χ1) is 12.1. The van der Waals surface area contributed by atoms with Gasteiger partial charge in [-0.3, -0.25) is 9.78 Å². The van der Waals surface area contributed by atoms with Gasteiger partial charge in [0.15, 0.2) is 16.0 Å². The molecule has 1 aliphatic heterocycles. The molecule has 0 saturated heterocycles. The second-order valence-corrected chi connectivity index (χ2v) is 7.68. The summed E-state index contributed by atoms with van der Waals surface area (Å²) in [4.78, 5) is 25.6. The Morgan fingerprint density at radius 3 is 3.00 bits per heavy atom. The number of halogens is 1. The number of thioether (sulfide) groups is 1. The van der Waals surface area contributed by atoms with Gasteiger partial charge in [-0.1, -0.05) is 17.7 Å². The maximum atomic E-state index is 13.8. The van der Waals surface area contributed by atoms with E-state index in [0.717, 1.165) is 5.56 Å². The van der Waals surface area contributed by atoms with Crippen molar-refractivity contribution < 1.29 is 9.18 Å². The van der Waals surface area contributed by atoms with Crippen molar-refractivity contribution in [2.24, 2.45) is 10.7 Å². The summed E-state index contributed by atoms with van der Waals surface area (Å²) >= 11 is 2.59. The number of nitrogens with zero attached hydrogens (tertiary/aromatic N) is 3. The number of carbonyl (C=O) groups excluding carboxylic acids is 1. The number of thiazole rings is 1. The fraction of sp³-hybridized carbons (Fsp3) is 0.294. The second-order valence-electron chi connectivity index (χ2n) is 5.54. The van der Waals surface area contributed by atoms with Crippen molar-refractivity contribution in [1.82, 2.24) is 9.97 Å². The van der Waals surface area contributed by atoms with Crippen LogP contribution in [0.5, 0.6) is 0 Å². The highest BCUT2D eigenvalue weighted by Gasteiger charge is 2.36. The molecule has 2 N–H and O–H groups in total. The Hall–Kier alpha value is -2.24. The number of pyridine rings is 1. The largest absolute Gasteiger partial charge is 0.379 e. The number of ketones is 1. The zero-order chi connectivity index (χ0) is 17.9. The van der Waals surface area contributed by atoms with E-state index in [2.05, 4.69) is 20.9 Å². The Morgan fingerprint density at radius 1 is 1.48 bits per heavy atom. The van der Waals surface area contributed by atoms with Gasteiger partial charge in [-0.25, -0.2) is 14.4 Å². The van der Waals surface area contributed by atoms with Crippen LogP contribution >= 0.6 is 23.1 Å². The molecule has 0 amide bonds. The predicted octanol–water partition coefficient (Wildman–Crippen LogP) is 2.56. The number of carbonyl (C=O) groups is 1. The SMILES string of the molecule is C#Cc1cnc(C(=O)Cc2ccnc([C@]3(CF)CCSC(N)=N3)c2)s1. The van der Waals surface area contributed by atoms with Crippen molar-refractivity contribution in [3.8, 4) is 12.3 Å². The third kappa shape index (κ3) is 3.72. The zero-order valence-corrected chi connectivity index (χ0v) is 14.9. The normalized spacial score (nSPS) is 19.9. The fourth-order valence-corrected chi connectivity index (χ4v) is 4.10. The van der Waals surface area contributed by atoms with E-state index >= 15 is 0 Å². The molecule has 128 valence electrons. The van der Waals surface area contributed by atoms with Crippen LogP contribution in [-0.2, 0) is 12.0 Å². The lowest BCUT2D eigenvalue weighted by Gasteiger charge is -2.30. The number of alkyl halides is 1. The number of Topliss-reactive ketones (excluding diaryl/α,β-unsaturated/α-hetero) is 1. The second kappa shape index (κ2) is 7.33. The molecule has 2 aromatic heterocycles. The topological polar surface area (TPSA) is 81.2 Å². The van der Waals surface area contributed by atoms with Crippen LogP contribution in [0.25, 0.3) is 0 Å². The Bertz CT molecular complexity index is 874. The van der Waals surface area contributed by atoms with Gasteiger partial charge >= 0.3 is 0 Å². The molecule has 0 radical (unpaired) electrons. The van der Waals surface area contributed by atoms with Crippen molar-refractivity contribution in [3.05, 3.63) is 45.7 Å². The van der Waals surface area contributed by atoms with Gasteiger partial charge in [0.2, 0.25) is 0 Å². The van der Waals surface area contributed by atoms with Crippen LogP contribution in [-0.4, -0.2) is 33.3 Å². The maximum Gasteiger partial charge on any atom is 0.195 e. The molecule has 5 nitrogen and oxygen atoms in total. The number of hydrogen-bond acceptors (Lipinski definition) is 7. The molecule has 0 spiro atoms. The van der Waals surface area contributed by atoms with Crippen molar-refractivity contribution in [3.63, 3.8) is 0 Å². The summed E-state index contributed by atoms with van der Waals surface area (Å²) < 4.78 is 13.8. The van der Waals surface area contributed by atoms with Gasteiger partial charge < -0.3 is 5.73 Å². The van der Waals surface area contributed by atoms with Crippen LogP contribution in [0.4, 0.5) is 4.39 Å². The van der Waals surface area contributed by atoms with Crippen LogP contribution in [0.1, 0.15) is 32.4 Å². The summed E-state index contributed by atoms with van der Waals surface area (Å²) in [6.07, 6.45) is 9.03. The smallest absolute Gasteiger partial charge is 0.195 e. The molecule has 3 heterocycles. The molecular weight excluding hydrogens is 359 g/mol. The Balaban J connectivity index is 1.85. The molecular formula is C17H15FN4OS2. The lowest BCUT2D eigenvalue weighted by atomic mass is 9.92. The quantitative estimate of drug-likeness (QED) is 0.643. The molecule has 1 aliphatic rings. The molecule has 0 unspecified atom stereocenters. The van der Waals surface area contributed by atoms with Gasteiger partial charge in [-0.05, 0) is 24.1 Å². The molecule has 0 aliphatic carbocycles. The average molecular weight is 374 g/mol. The molecule has 0 aromatic carbocycles. The standard InChI is InChI=1S/C17H15FN4OS2/c1-2-12-9-21-15(25-12)13(23)7-11-3-5-20-14(8-11)17(10-18)4-6-24-16(19)22-17/h1,3,5,8-9H,4,6-7,10H2,(H2,19,22)/t17-/m1/s1. The number of terminal acetylenes is 1. The van der Waals surface area contributed by atoms with Crippen LogP contribution in [0, 0.1) is 12.3 Å². The minimum Gasteiger partial charge on any atom is -0.379 e. The van der Waals surface area contributed by atoms with E-state index in [0.29, 0.717) is 32.9 Å². The highest BCUT2D eigenvalue weighted by Crippen LogP contribution is 2.35.